The van der Waals surface area contributed by atoms with Crippen molar-refractivity contribution >= 4 is 17.9 Å². The quantitative estimate of drug-likeness (QED) is 0.0261. The number of rotatable bonds is 65. The molecular formula is C77H134O6. The highest BCUT2D eigenvalue weighted by Gasteiger charge is 2.19. The third-order valence-electron chi connectivity index (χ3n) is 15.5. The van der Waals surface area contributed by atoms with Crippen molar-refractivity contribution in [2.24, 2.45) is 0 Å². The summed E-state index contributed by atoms with van der Waals surface area (Å²) in [6, 6.07) is 0. The van der Waals surface area contributed by atoms with E-state index in [-0.39, 0.29) is 31.1 Å². The zero-order valence-corrected chi connectivity index (χ0v) is 54.9. The Labute approximate surface area is 515 Å². The molecule has 0 rings (SSSR count). The van der Waals surface area contributed by atoms with Gasteiger partial charge >= 0.3 is 17.9 Å². The third kappa shape index (κ3) is 69.0. The number of esters is 3. The van der Waals surface area contributed by atoms with Crippen LogP contribution >= 0.6 is 0 Å². The average Bonchev–Trinajstić information content (AvgIpc) is 3.50. The maximum Gasteiger partial charge on any atom is 0.306 e. The lowest BCUT2D eigenvalue weighted by Gasteiger charge is -2.18. The summed E-state index contributed by atoms with van der Waals surface area (Å²) in [7, 11) is 0. The minimum absolute atomic E-state index is 0.0824. The van der Waals surface area contributed by atoms with Gasteiger partial charge in [0.05, 0.1) is 0 Å². The average molecular weight is 1160 g/mol. The van der Waals surface area contributed by atoms with Crippen LogP contribution in [0.15, 0.2) is 97.2 Å². The van der Waals surface area contributed by atoms with Crippen molar-refractivity contribution in [3.05, 3.63) is 97.2 Å². The molecule has 0 amide bonds. The summed E-state index contributed by atoms with van der Waals surface area (Å²) in [6.45, 7) is 6.55. The van der Waals surface area contributed by atoms with Crippen molar-refractivity contribution in [1.82, 2.24) is 0 Å². The highest BCUT2D eigenvalue weighted by molar-refractivity contribution is 5.71. The molecule has 83 heavy (non-hydrogen) atoms. The molecule has 6 heteroatoms. The molecule has 0 saturated heterocycles. The SMILES string of the molecule is CC/C=C\C/C=C\C/C=C\C/C=C\C/C=C\C/C=C\CCCCCCCCC(=O)OCC(COC(=O)CCCCCCCCCCC/C=C\CCCCCCCC)OC(=O)CCCCCCCCCCC/C=C\CCCCCCCCCC. The van der Waals surface area contributed by atoms with E-state index in [4.69, 9.17) is 14.2 Å². The summed E-state index contributed by atoms with van der Waals surface area (Å²) >= 11 is 0. The van der Waals surface area contributed by atoms with E-state index >= 15 is 0 Å². The summed E-state index contributed by atoms with van der Waals surface area (Å²) in [6.07, 6.45) is 95.6. The molecule has 0 N–H and O–H groups in total. The monoisotopic (exact) mass is 1160 g/mol. The van der Waals surface area contributed by atoms with Crippen molar-refractivity contribution < 1.29 is 28.6 Å². The van der Waals surface area contributed by atoms with Crippen molar-refractivity contribution in [3.63, 3.8) is 0 Å². The second-order valence-electron chi connectivity index (χ2n) is 23.8. The molecule has 0 aromatic carbocycles. The fourth-order valence-electron chi connectivity index (χ4n) is 10.2. The molecule has 0 bridgehead atoms. The second kappa shape index (κ2) is 70.8. The standard InChI is InChI=1S/C77H134O6/c1-4-7-10-13-16-19-22-25-28-31-34-36-37-38-39-41-43-46-49-52-55-58-61-64-67-70-76(79)82-73-74(72-81-75(78)69-66-63-60-57-54-51-48-45-42-33-30-27-24-21-18-15-12-9-6-3)83-77(80)71-68-65-62-59-56-53-50-47-44-40-35-32-29-26-23-20-17-14-11-8-5-2/h7,10,16,19,25,27-28,30,32,34-36,38-39,43,46,74H,4-6,8-9,11-15,17-18,20-24,26,29,31,33,37,40-42,44-45,47-73H2,1-3H3/b10-7-,19-16-,28-25-,30-27-,35-32-,36-34-,39-38-,46-43-. The summed E-state index contributed by atoms with van der Waals surface area (Å²) in [4.78, 5) is 38.5. The van der Waals surface area contributed by atoms with Crippen LogP contribution < -0.4 is 0 Å². The fourth-order valence-corrected chi connectivity index (χ4v) is 10.2. The number of hydrogen-bond donors (Lipinski definition) is 0. The van der Waals surface area contributed by atoms with Crippen LogP contribution in [0.2, 0.25) is 0 Å². The summed E-state index contributed by atoms with van der Waals surface area (Å²) < 4.78 is 17.0. The molecule has 0 radical (unpaired) electrons. The molecule has 0 heterocycles. The third-order valence-corrected chi connectivity index (χ3v) is 15.5. The van der Waals surface area contributed by atoms with Crippen molar-refractivity contribution in [2.75, 3.05) is 13.2 Å². The van der Waals surface area contributed by atoms with Gasteiger partial charge in [-0.3, -0.25) is 14.4 Å². The zero-order valence-electron chi connectivity index (χ0n) is 54.9. The Morgan fingerprint density at radius 2 is 0.470 bits per heavy atom. The molecule has 0 aliphatic rings. The fraction of sp³-hybridized carbons (Fsp3) is 0.753. The van der Waals surface area contributed by atoms with E-state index in [9.17, 15) is 14.4 Å². The number of carbonyl (C=O) groups excluding carboxylic acids is 3. The molecule has 478 valence electrons. The normalized spacial score (nSPS) is 12.7. The molecule has 1 unspecified atom stereocenters. The Morgan fingerprint density at radius 1 is 0.253 bits per heavy atom. The van der Waals surface area contributed by atoms with Gasteiger partial charge in [-0.05, 0) is 122 Å². The highest BCUT2D eigenvalue weighted by Crippen LogP contribution is 2.17. The smallest absolute Gasteiger partial charge is 0.306 e. The lowest BCUT2D eigenvalue weighted by atomic mass is 10.1. The van der Waals surface area contributed by atoms with Gasteiger partial charge in [0.25, 0.3) is 0 Å². The molecule has 0 aliphatic carbocycles. The first kappa shape index (κ1) is 79.3. The molecule has 0 spiro atoms. The van der Waals surface area contributed by atoms with Crippen molar-refractivity contribution in [3.8, 4) is 0 Å². The molecule has 1 atom stereocenters. The van der Waals surface area contributed by atoms with E-state index in [0.717, 1.165) is 109 Å². The maximum atomic E-state index is 13.0. The van der Waals surface area contributed by atoms with Crippen LogP contribution in [0.5, 0.6) is 0 Å². The number of hydrogen-bond acceptors (Lipinski definition) is 6. The van der Waals surface area contributed by atoms with Crippen molar-refractivity contribution in [2.45, 2.75) is 361 Å². The predicted molar refractivity (Wildman–Crippen MR) is 362 cm³/mol. The van der Waals surface area contributed by atoms with Crippen LogP contribution in [-0.4, -0.2) is 37.2 Å². The minimum atomic E-state index is -0.789. The zero-order chi connectivity index (χ0) is 59.9. The van der Waals surface area contributed by atoms with Gasteiger partial charge in [-0.1, -0.05) is 311 Å². The Balaban J connectivity index is 4.41. The van der Waals surface area contributed by atoms with Gasteiger partial charge in [0.15, 0.2) is 6.10 Å². The van der Waals surface area contributed by atoms with Crippen LogP contribution in [0, 0.1) is 0 Å². The Morgan fingerprint density at radius 3 is 0.747 bits per heavy atom. The number of carbonyl (C=O) groups is 3. The van der Waals surface area contributed by atoms with Crippen LogP contribution in [0.4, 0.5) is 0 Å². The van der Waals surface area contributed by atoms with Gasteiger partial charge in [-0.15, -0.1) is 0 Å². The molecule has 0 fully saturated rings. The van der Waals surface area contributed by atoms with Gasteiger partial charge in [-0.25, -0.2) is 0 Å². The van der Waals surface area contributed by atoms with E-state index in [0.29, 0.717) is 19.3 Å². The lowest BCUT2D eigenvalue weighted by Crippen LogP contribution is -2.30. The molecule has 0 aromatic rings. The molecular weight excluding hydrogens is 1020 g/mol. The lowest BCUT2D eigenvalue weighted by molar-refractivity contribution is -0.167. The van der Waals surface area contributed by atoms with Gasteiger partial charge < -0.3 is 14.2 Å². The largest absolute Gasteiger partial charge is 0.462 e. The first-order chi connectivity index (χ1) is 41.0. The Hall–Kier alpha value is -3.67. The Kier molecular flexibility index (Phi) is 67.7. The van der Waals surface area contributed by atoms with Crippen LogP contribution in [0.25, 0.3) is 0 Å². The Bertz CT molecular complexity index is 1610. The van der Waals surface area contributed by atoms with Crippen LogP contribution in [-0.2, 0) is 28.6 Å². The number of unbranched alkanes of at least 4 members (excludes halogenated alkanes) is 38. The van der Waals surface area contributed by atoms with E-state index in [2.05, 4.69) is 118 Å². The summed E-state index contributed by atoms with van der Waals surface area (Å²) in [5, 5.41) is 0. The molecule has 0 aliphatic heterocycles. The number of allylic oxidation sites excluding steroid dienone is 16. The van der Waals surface area contributed by atoms with Gasteiger partial charge in [0.1, 0.15) is 13.2 Å². The van der Waals surface area contributed by atoms with Gasteiger partial charge in [-0.2, -0.15) is 0 Å². The first-order valence-corrected chi connectivity index (χ1v) is 35.7. The van der Waals surface area contributed by atoms with Gasteiger partial charge in [0, 0.05) is 19.3 Å². The van der Waals surface area contributed by atoms with E-state index in [1.165, 1.54) is 205 Å². The molecule has 6 nitrogen and oxygen atoms in total. The second-order valence-corrected chi connectivity index (χ2v) is 23.8. The summed E-state index contributed by atoms with van der Waals surface area (Å²) in [5.41, 5.74) is 0. The van der Waals surface area contributed by atoms with Crippen molar-refractivity contribution in [1.29, 1.82) is 0 Å². The highest BCUT2D eigenvalue weighted by atomic mass is 16.6. The number of ether oxygens (including phenoxy) is 3. The maximum absolute atomic E-state index is 13.0. The predicted octanol–water partition coefficient (Wildman–Crippen LogP) is 24.8. The molecule has 0 saturated carbocycles. The topological polar surface area (TPSA) is 78.9 Å². The molecule has 0 aromatic heterocycles. The van der Waals surface area contributed by atoms with E-state index in [1.807, 2.05) is 0 Å². The minimum Gasteiger partial charge on any atom is -0.462 e. The van der Waals surface area contributed by atoms with Crippen LogP contribution in [0.3, 0.4) is 0 Å². The first-order valence-electron chi connectivity index (χ1n) is 35.7. The van der Waals surface area contributed by atoms with Gasteiger partial charge in [0.2, 0.25) is 0 Å². The van der Waals surface area contributed by atoms with E-state index in [1.54, 1.807) is 0 Å². The van der Waals surface area contributed by atoms with E-state index < -0.39 is 6.10 Å². The summed E-state index contributed by atoms with van der Waals surface area (Å²) in [5.74, 6) is -0.884. The van der Waals surface area contributed by atoms with Crippen LogP contribution in [0.1, 0.15) is 355 Å².